The second-order valence-electron chi connectivity index (χ2n) is 4.53. The summed E-state index contributed by atoms with van der Waals surface area (Å²) in [5.74, 6) is -1.90. The third kappa shape index (κ3) is 4.98. The van der Waals surface area contributed by atoms with Gasteiger partial charge < -0.3 is 4.90 Å². The number of unbranched alkanes of at least 4 members (excludes halogenated alkanes) is 1. The molecule has 0 radical (unpaired) electrons. The van der Waals surface area contributed by atoms with Gasteiger partial charge in [0.15, 0.2) is 0 Å². The van der Waals surface area contributed by atoms with Crippen LogP contribution in [0.4, 0.5) is 17.6 Å². The summed E-state index contributed by atoms with van der Waals surface area (Å²) in [4.78, 5) is 13.7. The molecule has 1 rings (SSSR count). The topological polar surface area (TPSA) is 20.3 Å². The zero-order valence-electron chi connectivity index (χ0n) is 11.5. The summed E-state index contributed by atoms with van der Waals surface area (Å²) in [6.07, 6.45) is -3.20. The van der Waals surface area contributed by atoms with Crippen LogP contribution in [-0.2, 0) is 6.18 Å². The van der Waals surface area contributed by atoms with Crippen molar-refractivity contribution in [2.45, 2.75) is 25.9 Å². The summed E-state index contributed by atoms with van der Waals surface area (Å²) >= 11 is 3.21. The molecule has 0 saturated carbocycles. The SMILES string of the molecule is CCCCN(CCBr)C(=O)c1ccc(F)c(C(F)(F)F)c1. The molecule has 0 fully saturated rings. The lowest BCUT2D eigenvalue weighted by Gasteiger charge is -2.22. The Balaban J connectivity index is 3.05. The highest BCUT2D eigenvalue weighted by Gasteiger charge is 2.35. The number of hydrogen-bond acceptors (Lipinski definition) is 1. The Morgan fingerprint density at radius 1 is 1.29 bits per heavy atom. The van der Waals surface area contributed by atoms with Crippen molar-refractivity contribution in [3.63, 3.8) is 0 Å². The minimum atomic E-state index is -4.82. The molecule has 7 heteroatoms. The van der Waals surface area contributed by atoms with Crippen LogP contribution in [0.3, 0.4) is 0 Å². The molecule has 0 aromatic heterocycles. The monoisotopic (exact) mass is 369 g/mol. The van der Waals surface area contributed by atoms with Gasteiger partial charge in [-0.25, -0.2) is 4.39 Å². The molecule has 0 aliphatic rings. The van der Waals surface area contributed by atoms with Gasteiger partial charge in [-0.3, -0.25) is 4.79 Å². The van der Waals surface area contributed by atoms with Gasteiger partial charge in [-0.2, -0.15) is 13.2 Å². The fourth-order valence-electron chi connectivity index (χ4n) is 1.82. The lowest BCUT2D eigenvalue weighted by molar-refractivity contribution is -0.140. The molecule has 21 heavy (non-hydrogen) atoms. The van der Waals surface area contributed by atoms with Crippen LogP contribution >= 0.6 is 15.9 Å². The fraction of sp³-hybridized carbons (Fsp3) is 0.500. The Bertz CT molecular complexity index is 490. The number of benzene rings is 1. The average molecular weight is 370 g/mol. The summed E-state index contributed by atoms with van der Waals surface area (Å²) in [5.41, 5.74) is -1.57. The summed E-state index contributed by atoms with van der Waals surface area (Å²) < 4.78 is 51.2. The van der Waals surface area contributed by atoms with E-state index in [1.165, 1.54) is 4.90 Å². The summed E-state index contributed by atoms with van der Waals surface area (Å²) in [5, 5.41) is 0.524. The van der Waals surface area contributed by atoms with Gasteiger partial charge in [0.1, 0.15) is 5.82 Å². The van der Waals surface area contributed by atoms with Crippen molar-refractivity contribution in [3.05, 3.63) is 35.1 Å². The van der Waals surface area contributed by atoms with Crippen LogP contribution in [0.5, 0.6) is 0 Å². The maximum Gasteiger partial charge on any atom is 0.419 e. The van der Waals surface area contributed by atoms with E-state index in [1.807, 2.05) is 6.92 Å². The maximum atomic E-state index is 13.2. The standard InChI is InChI=1S/C14H16BrF4NO/c1-2-3-7-20(8-6-15)13(21)10-4-5-12(16)11(9-10)14(17,18)19/h4-5,9H,2-3,6-8H2,1H3. The normalized spacial score (nSPS) is 11.5. The van der Waals surface area contributed by atoms with Crippen molar-refractivity contribution in [2.24, 2.45) is 0 Å². The van der Waals surface area contributed by atoms with Crippen LogP contribution in [0.1, 0.15) is 35.7 Å². The fourth-order valence-corrected chi connectivity index (χ4v) is 2.25. The highest BCUT2D eigenvalue weighted by molar-refractivity contribution is 9.09. The minimum absolute atomic E-state index is 0.152. The van der Waals surface area contributed by atoms with Crippen LogP contribution in [-0.4, -0.2) is 29.2 Å². The number of alkyl halides is 4. The average Bonchev–Trinajstić information content (AvgIpc) is 2.42. The van der Waals surface area contributed by atoms with Gasteiger partial charge >= 0.3 is 6.18 Å². The van der Waals surface area contributed by atoms with E-state index < -0.39 is 23.5 Å². The first kappa shape index (κ1) is 17.9. The molecule has 118 valence electrons. The van der Waals surface area contributed by atoms with E-state index in [9.17, 15) is 22.4 Å². The van der Waals surface area contributed by atoms with Crippen molar-refractivity contribution in [1.29, 1.82) is 0 Å². The number of hydrogen-bond donors (Lipinski definition) is 0. The highest BCUT2D eigenvalue weighted by Crippen LogP contribution is 2.32. The molecule has 0 heterocycles. The van der Waals surface area contributed by atoms with Gasteiger partial charge in [-0.05, 0) is 24.6 Å². The quantitative estimate of drug-likeness (QED) is 0.534. The van der Waals surface area contributed by atoms with Crippen molar-refractivity contribution in [2.75, 3.05) is 18.4 Å². The van der Waals surface area contributed by atoms with E-state index in [4.69, 9.17) is 0 Å². The van der Waals surface area contributed by atoms with Crippen LogP contribution < -0.4 is 0 Å². The molecule has 0 aliphatic heterocycles. The third-order valence-electron chi connectivity index (χ3n) is 2.94. The second-order valence-corrected chi connectivity index (χ2v) is 5.32. The molecule has 0 saturated heterocycles. The first-order valence-corrected chi connectivity index (χ1v) is 7.65. The number of carbonyl (C=O) groups is 1. The van der Waals surface area contributed by atoms with Crippen molar-refractivity contribution >= 4 is 21.8 Å². The van der Waals surface area contributed by atoms with Crippen LogP contribution in [0.15, 0.2) is 18.2 Å². The van der Waals surface area contributed by atoms with Crippen molar-refractivity contribution in [3.8, 4) is 0 Å². The Labute approximate surface area is 129 Å². The summed E-state index contributed by atoms with van der Waals surface area (Å²) in [6, 6.07) is 2.34. The Kier molecular flexibility index (Phi) is 6.64. The van der Waals surface area contributed by atoms with E-state index in [0.29, 0.717) is 30.6 Å². The minimum Gasteiger partial charge on any atom is -0.338 e. The number of nitrogens with zero attached hydrogens (tertiary/aromatic N) is 1. The summed E-state index contributed by atoms with van der Waals surface area (Å²) in [7, 11) is 0. The third-order valence-corrected chi connectivity index (χ3v) is 3.30. The highest BCUT2D eigenvalue weighted by atomic mass is 79.9. The van der Waals surface area contributed by atoms with Gasteiger partial charge in [0.2, 0.25) is 0 Å². The molecule has 0 bridgehead atoms. The summed E-state index contributed by atoms with van der Waals surface area (Å²) in [6.45, 7) is 2.80. The van der Waals surface area contributed by atoms with Gasteiger partial charge in [-0.15, -0.1) is 0 Å². The Morgan fingerprint density at radius 3 is 2.48 bits per heavy atom. The maximum absolute atomic E-state index is 13.2. The Morgan fingerprint density at radius 2 is 1.95 bits per heavy atom. The van der Waals surface area contributed by atoms with E-state index in [-0.39, 0.29) is 5.56 Å². The molecular weight excluding hydrogens is 354 g/mol. The first-order chi connectivity index (χ1) is 9.81. The number of amides is 1. The van der Waals surface area contributed by atoms with Gasteiger partial charge in [0.25, 0.3) is 5.91 Å². The van der Waals surface area contributed by atoms with E-state index >= 15 is 0 Å². The van der Waals surface area contributed by atoms with Crippen molar-refractivity contribution in [1.82, 2.24) is 4.90 Å². The predicted octanol–water partition coefficient (Wildman–Crippen LogP) is 4.48. The lowest BCUT2D eigenvalue weighted by atomic mass is 10.1. The van der Waals surface area contributed by atoms with E-state index in [1.54, 1.807) is 0 Å². The van der Waals surface area contributed by atoms with Gasteiger partial charge in [-0.1, -0.05) is 29.3 Å². The Hall–Kier alpha value is -1.11. The largest absolute Gasteiger partial charge is 0.419 e. The van der Waals surface area contributed by atoms with Crippen LogP contribution in [0, 0.1) is 5.82 Å². The molecule has 0 aliphatic carbocycles. The zero-order chi connectivity index (χ0) is 16.0. The zero-order valence-corrected chi connectivity index (χ0v) is 13.1. The molecule has 0 N–H and O–H groups in total. The number of rotatable bonds is 6. The second kappa shape index (κ2) is 7.77. The smallest absolute Gasteiger partial charge is 0.338 e. The molecular formula is C14H16BrF4NO. The van der Waals surface area contributed by atoms with Gasteiger partial charge in [0.05, 0.1) is 5.56 Å². The molecule has 0 spiro atoms. The van der Waals surface area contributed by atoms with Crippen molar-refractivity contribution < 1.29 is 22.4 Å². The predicted molar refractivity (Wildman–Crippen MR) is 76.0 cm³/mol. The number of carbonyl (C=O) groups excluding carboxylic acids is 1. The van der Waals surface area contributed by atoms with Crippen LogP contribution in [0.2, 0.25) is 0 Å². The van der Waals surface area contributed by atoms with E-state index in [2.05, 4.69) is 15.9 Å². The molecule has 1 aromatic rings. The van der Waals surface area contributed by atoms with Gasteiger partial charge in [0, 0.05) is 24.0 Å². The lowest BCUT2D eigenvalue weighted by Crippen LogP contribution is -2.33. The molecule has 2 nitrogen and oxygen atoms in total. The molecule has 1 amide bonds. The molecule has 0 unspecified atom stereocenters. The van der Waals surface area contributed by atoms with E-state index in [0.717, 1.165) is 18.9 Å². The first-order valence-electron chi connectivity index (χ1n) is 6.53. The number of halogens is 5. The van der Waals surface area contributed by atoms with Crippen LogP contribution in [0.25, 0.3) is 0 Å². The molecule has 0 atom stereocenters. The molecule has 1 aromatic carbocycles.